The Morgan fingerprint density at radius 2 is 1.10 bits per heavy atom. The lowest BCUT2D eigenvalue weighted by atomic mass is 10.0. The number of fused-ring (bicyclic) bond motifs is 4. The molecule has 0 saturated heterocycles. The van der Waals surface area contributed by atoms with Crippen LogP contribution in [0.4, 0.5) is 0 Å². The molecule has 8 aromatic rings. The summed E-state index contributed by atoms with van der Waals surface area (Å²) in [6.45, 7) is 8.36. The minimum absolute atomic E-state index is 0. The quantitative estimate of drug-likeness (QED) is 0.141. The van der Waals surface area contributed by atoms with E-state index < -0.39 is 6.29 Å². The third-order valence-corrected chi connectivity index (χ3v) is 11.1. The summed E-state index contributed by atoms with van der Waals surface area (Å²) in [6.07, 6.45) is -0.810. The molecule has 2 aromatic heterocycles. The zero-order valence-corrected chi connectivity index (χ0v) is 36.4. The van der Waals surface area contributed by atoms with Crippen molar-refractivity contribution in [2.75, 3.05) is 7.11 Å². The van der Waals surface area contributed by atoms with E-state index in [1.807, 2.05) is 54.6 Å². The van der Waals surface area contributed by atoms with Crippen molar-refractivity contribution in [3.8, 4) is 16.9 Å². The molecule has 0 bridgehead atoms. The predicted octanol–water partition coefficient (Wildman–Crippen LogP) is 13.5. The second kappa shape index (κ2) is 20.4. The van der Waals surface area contributed by atoms with Gasteiger partial charge in [0.25, 0.3) is 0 Å². The molecule has 0 aliphatic carbocycles. The molecule has 0 radical (unpaired) electrons. The molecule has 10 rings (SSSR count). The number of para-hydroxylation sites is 2. The maximum atomic E-state index is 6.14. The largest absolute Gasteiger partial charge is 0.497 e. The number of aryl methyl sites for hydroxylation is 3. The van der Waals surface area contributed by atoms with Crippen molar-refractivity contribution in [3.63, 3.8) is 0 Å². The average Bonchev–Trinajstić information content (AvgIpc) is 3.87. The molecule has 310 valence electrons. The maximum absolute atomic E-state index is 6.14. The van der Waals surface area contributed by atoms with E-state index in [0.717, 1.165) is 72.3 Å². The van der Waals surface area contributed by atoms with Crippen molar-refractivity contribution < 1.29 is 23.7 Å². The van der Waals surface area contributed by atoms with Crippen LogP contribution < -0.4 is 4.74 Å². The Hall–Kier alpha value is -5.49. The molecule has 2 atom stereocenters. The first-order valence-corrected chi connectivity index (χ1v) is 21.1. The first kappa shape index (κ1) is 43.6. The van der Waals surface area contributed by atoms with Gasteiger partial charge in [0.05, 0.1) is 44.6 Å². The zero-order chi connectivity index (χ0) is 41.4. The lowest BCUT2D eigenvalue weighted by Gasteiger charge is -2.14. The first-order chi connectivity index (χ1) is 29.3. The number of pyridine rings is 2. The van der Waals surface area contributed by atoms with Crippen LogP contribution in [0.1, 0.15) is 70.3 Å². The van der Waals surface area contributed by atoms with Crippen LogP contribution in [0.3, 0.4) is 0 Å². The molecule has 0 saturated carbocycles. The number of hydrogen-bond acceptors (Lipinski definition) is 7. The van der Waals surface area contributed by atoms with Crippen LogP contribution in [-0.4, -0.2) is 17.1 Å². The summed E-state index contributed by atoms with van der Waals surface area (Å²) in [5, 5.41) is 2.27. The number of ether oxygens (including phenoxy) is 5. The Morgan fingerprint density at radius 3 is 1.66 bits per heavy atom. The van der Waals surface area contributed by atoms with E-state index in [1.165, 1.54) is 20.3 Å². The molecule has 8 heteroatoms. The Balaban J connectivity index is 0.000000158. The van der Waals surface area contributed by atoms with Gasteiger partial charge in [-0.2, -0.15) is 0 Å². The Bertz CT molecular complexity index is 2700. The molecule has 0 spiro atoms. The van der Waals surface area contributed by atoms with E-state index in [9.17, 15) is 0 Å². The van der Waals surface area contributed by atoms with E-state index in [2.05, 4.69) is 140 Å². The molecular formula is C53H51IN2O5. The number of benzene rings is 6. The fourth-order valence-corrected chi connectivity index (χ4v) is 7.67. The van der Waals surface area contributed by atoms with Gasteiger partial charge in [-0.3, -0.25) is 0 Å². The molecule has 2 aliphatic heterocycles. The molecule has 0 N–H and O–H groups in total. The molecule has 0 amide bonds. The van der Waals surface area contributed by atoms with Gasteiger partial charge >= 0.3 is 0 Å². The number of methoxy groups -OCH3 is 1. The Morgan fingerprint density at radius 1 is 0.541 bits per heavy atom. The van der Waals surface area contributed by atoms with Gasteiger partial charge in [-0.05, 0) is 120 Å². The van der Waals surface area contributed by atoms with E-state index in [-0.39, 0.29) is 13.7 Å². The topological polar surface area (TPSA) is 71.9 Å². The highest BCUT2D eigenvalue weighted by atomic mass is 127. The van der Waals surface area contributed by atoms with Gasteiger partial charge in [0.2, 0.25) is 12.6 Å². The summed E-state index contributed by atoms with van der Waals surface area (Å²) >= 11 is 2.30. The van der Waals surface area contributed by atoms with Crippen LogP contribution in [0.15, 0.2) is 152 Å². The van der Waals surface area contributed by atoms with Crippen molar-refractivity contribution in [1.82, 2.24) is 9.97 Å². The fourth-order valence-electron chi connectivity index (χ4n) is 7.31. The van der Waals surface area contributed by atoms with E-state index in [0.29, 0.717) is 26.4 Å². The summed E-state index contributed by atoms with van der Waals surface area (Å²) in [5.41, 5.74) is 14.3. The summed E-state index contributed by atoms with van der Waals surface area (Å²) in [4.78, 5) is 9.50. The minimum Gasteiger partial charge on any atom is -0.497 e. The predicted molar refractivity (Wildman–Crippen MR) is 253 cm³/mol. The van der Waals surface area contributed by atoms with Crippen LogP contribution in [0.25, 0.3) is 32.9 Å². The number of halogens is 1. The standard InChI is InChI=1S/C26H23NO3.C19H17NO2.C7H7I.CH4/c1-17-11-18(13-21(12-17)19-7-9-23(28-2)10-8-19)15-29-26-25-22(16-30-26)14-20-5-3-4-6-24(20)27-25;1-13-5-4-6-14(9-13)11-21-19-18-16(12-22-19)10-15-7-2-3-8-17(15)20-18;1-6-2-4-7(8)5-3-6;/h3-14,26H,15-16H2,1-2H3;2-10,19H,11-12H2,1H3;2-5H,1H3;1H4. The zero-order valence-electron chi connectivity index (χ0n) is 34.2. The second-order valence-electron chi connectivity index (χ2n) is 15.1. The molecule has 2 unspecified atom stereocenters. The van der Waals surface area contributed by atoms with Gasteiger partial charge in [-0.1, -0.05) is 121 Å². The third kappa shape index (κ3) is 11.1. The van der Waals surface area contributed by atoms with Gasteiger partial charge in [-0.15, -0.1) is 0 Å². The molecule has 4 heterocycles. The highest BCUT2D eigenvalue weighted by Crippen LogP contribution is 2.35. The summed E-state index contributed by atoms with van der Waals surface area (Å²) in [7, 11) is 1.68. The highest BCUT2D eigenvalue weighted by molar-refractivity contribution is 14.1. The minimum atomic E-state index is -0.436. The molecule has 2 aliphatic rings. The Labute approximate surface area is 372 Å². The van der Waals surface area contributed by atoms with Crippen LogP contribution in [-0.2, 0) is 45.4 Å². The first-order valence-electron chi connectivity index (χ1n) is 20.0. The van der Waals surface area contributed by atoms with Crippen molar-refractivity contribution in [1.29, 1.82) is 0 Å². The summed E-state index contributed by atoms with van der Waals surface area (Å²) in [6, 6.07) is 51.9. The second-order valence-corrected chi connectivity index (χ2v) is 16.3. The van der Waals surface area contributed by atoms with E-state index >= 15 is 0 Å². The van der Waals surface area contributed by atoms with Crippen molar-refractivity contribution in [3.05, 3.63) is 206 Å². The maximum Gasteiger partial charge on any atom is 0.202 e. The summed E-state index contributed by atoms with van der Waals surface area (Å²) < 4.78 is 30.3. The van der Waals surface area contributed by atoms with Crippen LogP contribution in [0, 0.1) is 24.3 Å². The number of hydrogen-bond donors (Lipinski definition) is 0. The van der Waals surface area contributed by atoms with Gasteiger partial charge < -0.3 is 23.7 Å². The number of rotatable bonds is 8. The fraction of sp³-hybridized carbons (Fsp3) is 0.208. The smallest absolute Gasteiger partial charge is 0.202 e. The molecule has 6 aromatic carbocycles. The third-order valence-electron chi connectivity index (χ3n) is 10.4. The molecule has 61 heavy (non-hydrogen) atoms. The van der Waals surface area contributed by atoms with Crippen molar-refractivity contribution in [2.45, 2.75) is 67.2 Å². The van der Waals surface area contributed by atoms with Crippen molar-refractivity contribution >= 4 is 44.4 Å². The van der Waals surface area contributed by atoms with Crippen molar-refractivity contribution in [2.24, 2.45) is 0 Å². The normalized spacial score (nSPS) is 14.8. The van der Waals surface area contributed by atoms with Crippen LogP contribution in [0.2, 0.25) is 0 Å². The van der Waals surface area contributed by atoms with Crippen LogP contribution >= 0.6 is 22.6 Å². The lowest BCUT2D eigenvalue weighted by molar-refractivity contribution is -0.147. The monoisotopic (exact) mass is 922 g/mol. The van der Waals surface area contributed by atoms with Crippen LogP contribution in [0.5, 0.6) is 5.75 Å². The lowest BCUT2D eigenvalue weighted by Crippen LogP contribution is -2.05. The molecular weight excluding hydrogens is 871 g/mol. The van der Waals surface area contributed by atoms with Gasteiger partial charge in [0, 0.05) is 25.5 Å². The molecule has 7 nitrogen and oxygen atoms in total. The van der Waals surface area contributed by atoms with Gasteiger partial charge in [0.15, 0.2) is 0 Å². The Kier molecular flexibility index (Phi) is 14.6. The number of nitrogens with zero attached hydrogens (tertiary/aromatic N) is 2. The van der Waals surface area contributed by atoms with E-state index in [4.69, 9.17) is 33.7 Å². The van der Waals surface area contributed by atoms with Gasteiger partial charge in [-0.25, -0.2) is 9.97 Å². The van der Waals surface area contributed by atoms with Gasteiger partial charge in [0.1, 0.15) is 17.1 Å². The van der Waals surface area contributed by atoms with E-state index in [1.54, 1.807) is 7.11 Å². The SMILES string of the molecule is C.COc1ccc(-c2cc(C)cc(COC3OCc4cc5ccccc5nc43)c2)cc1.Cc1ccc(I)cc1.Cc1cccc(COC2OCc3cc4ccccc4nc32)c1. The molecule has 0 fully saturated rings. The summed E-state index contributed by atoms with van der Waals surface area (Å²) in [5.74, 6) is 0.854. The average molecular weight is 923 g/mol. The number of aromatic nitrogens is 2. The highest BCUT2D eigenvalue weighted by Gasteiger charge is 2.27.